The van der Waals surface area contributed by atoms with Crippen molar-refractivity contribution >= 4 is 21.6 Å². The maximum absolute atomic E-state index is 6.00. The molecule has 1 unspecified atom stereocenters. The minimum Gasteiger partial charge on any atom is -0.370 e. The lowest BCUT2D eigenvalue weighted by atomic mass is 10.0. The molecular formula is C18H23BrN2. The van der Waals surface area contributed by atoms with Crippen LogP contribution in [0.15, 0.2) is 53.0 Å². The SMILES string of the molecule is CCC(N)Cc1ccc(N(C)Cc2ccc(Br)cc2)cc1. The van der Waals surface area contributed by atoms with Gasteiger partial charge in [-0.15, -0.1) is 0 Å². The van der Waals surface area contributed by atoms with Crippen molar-refractivity contribution in [3.8, 4) is 0 Å². The van der Waals surface area contributed by atoms with Gasteiger partial charge in [0.15, 0.2) is 0 Å². The molecule has 0 aliphatic carbocycles. The molecule has 0 aliphatic heterocycles. The first-order chi connectivity index (χ1) is 10.1. The molecule has 2 rings (SSSR count). The molecule has 0 aromatic heterocycles. The minimum absolute atomic E-state index is 0.261. The van der Waals surface area contributed by atoms with Crippen LogP contribution in [0.4, 0.5) is 5.69 Å². The third kappa shape index (κ3) is 4.87. The monoisotopic (exact) mass is 346 g/mol. The minimum atomic E-state index is 0.261. The van der Waals surface area contributed by atoms with E-state index in [1.807, 2.05) is 0 Å². The first kappa shape index (κ1) is 16.1. The third-order valence-corrected chi connectivity index (χ3v) is 4.26. The fraction of sp³-hybridized carbons (Fsp3) is 0.333. The van der Waals surface area contributed by atoms with Crippen LogP contribution in [0.2, 0.25) is 0 Å². The fourth-order valence-electron chi connectivity index (χ4n) is 2.29. The molecule has 1 atom stereocenters. The van der Waals surface area contributed by atoms with Gasteiger partial charge in [-0.05, 0) is 48.2 Å². The number of anilines is 1. The molecule has 2 nitrogen and oxygen atoms in total. The van der Waals surface area contributed by atoms with Gasteiger partial charge in [0.2, 0.25) is 0 Å². The molecule has 0 aliphatic rings. The number of rotatable bonds is 6. The summed E-state index contributed by atoms with van der Waals surface area (Å²) >= 11 is 3.47. The predicted octanol–water partition coefficient (Wildman–Crippen LogP) is 4.37. The molecular weight excluding hydrogens is 324 g/mol. The Bertz CT molecular complexity index is 548. The van der Waals surface area contributed by atoms with Crippen LogP contribution < -0.4 is 10.6 Å². The zero-order valence-electron chi connectivity index (χ0n) is 12.7. The van der Waals surface area contributed by atoms with Crippen molar-refractivity contribution in [1.29, 1.82) is 0 Å². The summed E-state index contributed by atoms with van der Waals surface area (Å²) in [6, 6.07) is 17.4. The van der Waals surface area contributed by atoms with Gasteiger partial charge in [0.1, 0.15) is 0 Å². The van der Waals surface area contributed by atoms with E-state index >= 15 is 0 Å². The average molecular weight is 347 g/mol. The van der Waals surface area contributed by atoms with Crippen molar-refractivity contribution in [2.45, 2.75) is 32.4 Å². The molecule has 0 fully saturated rings. The molecule has 0 bridgehead atoms. The lowest BCUT2D eigenvalue weighted by Crippen LogP contribution is -2.21. The van der Waals surface area contributed by atoms with Gasteiger partial charge in [-0.1, -0.05) is 47.1 Å². The number of hydrogen-bond donors (Lipinski definition) is 1. The lowest BCUT2D eigenvalue weighted by molar-refractivity contribution is 0.646. The van der Waals surface area contributed by atoms with Crippen LogP contribution in [0, 0.1) is 0 Å². The molecule has 2 aromatic rings. The van der Waals surface area contributed by atoms with Crippen molar-refractivity contribution < 1.29 is 0 Å². The molecule has 0 spiro atoms. The van der Waals surface area contributed by atoms with Crippen molar-refractivity contribution in [2.24, 2.45) is 5.73 Å². The Kier molecular flexibility index (Phi) is 5.83. The summed E-state index contributed by atoms with van der Waals surface area (Å²) in [5, 5.41) is 0. The molecule has 0 amide bonds. The van der Waals surface area contributed by atoms with Gasteiger partial charge in [0, 0.05) is 29.8 Å². The third-order valence-electron chi connectivity index (χ3n) is 3.73. The second-order valence-electron chi connectivity index (χ2n) is 5.52. The highest BCUT2D eigenvalue weighted by Gasteiger charge is 2.04. The van der Waals surface area contributed by atoms with Crippen LogP contribution in [0.25, 0.3) is 0 Å². The molecule has 0 saturated carbocycles. The van der Waals surface area contributed by atoms with Gasteiger partial charge < -0.3 is 10.6 Å². The van der Waals surface area contributed by atoms with E-state index in [9.17, 15) is 0 Å². The van der Waals surface area contributed by atoms with Gasteiger partial charge >= 0.3 is 0 Å². The highest BCUT2D eigenvalue weighted by atomic mass is 79.9. The van der Waals surface area contributed by atoms with Crippen molar-refractivity contribution in [3.63, 3.8) is 0 Å². The first-order valence-electron chi connectivity index (χ1n) is 7.38. The van der Waals surface area contributed by atoms with Gasteiger partial charge in [-0.2, -0.15) is 0 Å². The van der Waals surface area contributed by atoms with E-state index in [4.69, 9.17) is 5.73 Å². The van der Waals surface area contributed by atoms with Crippen LogP contribution >= 0.6 is 15.9 Å². The topological polar surface area (TPSA) is 29.3 Å². The summed E-state index contributed by atoms with van der Waals surface area (Å²) in [6.07, 6.45) is 1.97. The summed E-state index contributed by atoms with van der Waals surface area (Å²) in [7, 11) is 2.12. The number of hydrogen-bond acceptors (Lipinski definition) is 2. The highest BCUT2D eigenvalue weighted by molar-refractivity contribution is 9.10. The van der Waals surface area contributed by atoms with Gasteiger partial charge in [0.05, 0.1) is 0 Å². The second-order valence-corrected chi connectivity index (χ2v) is 6.44. The zero-order chi connectivity index (χ0) is 15.2. The normalized spacial score (nSPS) is 12.2. The van der Waals surface area contributed by atoms with E-state index < -0.39 is 0 Å². The fourth-order valence-corrected chi connectivity index (χ4v) is 2.55. The van der Waals surface area contributed by atoms with Gasteiger partial charge in [0.25, 0.3) is 0 Å². The summed E-state index contributed by atoms with van der Waals surface area (Å²) < 4.78 is 1.12. The van der Waals surface area contributed by atoms with Crippen LogP contribution in [-0.2, 0) is 13.0 Å². The summed E-state index contributed by atoms with van der Waals surface area (Å²) in [6.45, 7) is 3.03. The molecule has 3 heteroatoms. The molecule has 0 heterocycles. The highest BCUT2D eigenvalue weighted by Crippen LogP contribution is 2.18. The van der Waals surface area contributed by atoms with E-state index in [1.54, 1.807) is 0 Å². The van der Waals surface area contributed by atoms with E-state index in [-0.39, 0.29) is 6.04 Å². The summed E-state index contributed by atoms with van der Waals surface area (Å²) in [5.74, 6) is 0. The Balaban J connectivity index is 1.99. The van der Waals surface area contributed by atoms with E-state index in [1.165, 1.54) is 16.8 Å². The Morgan fingerprint density at radius 3 is 2.14 bits per heavy atom. The molecule has 2 aromatic carbocycles. The lowest BCUT2D eigenvalue weighted by Gasteiger charge is -2.20. The maximum atomic E-state index is 6.00. The Morgan fingerprint density at radius 1 is 1.00 bits per heavy atom. The first-order valence-corrected chi connectivity index (χ1v) is 8.18. The van der Waals surface area contributed by atoms with Gasteiger partial charge in [-0.25, -0.2) is 0 Å². The van der Waals surface area contributed by atoms with Crippen LogP contribution in [0.3, 0.4) is 0 Å². The van der Waals surface area contributed by atoms with Crippen LogP contribution in [0.1, 0.15) is 24.5 Å². The quantitative estimate of drug-likeness (QED) is 0.841. The predicted molar refractivity (Wildman–Crippen MR) is 94.7 cm³/mol. The standard InChI is InChI=1S/C18H23BrN2/c1-3-17(20)12-14-6-10-18(11-7-14)21(2)13-15-4-8-16(19)9-5-15/h4-11,17H,3,12-13,20H2,1-2H3. The smallest absolute Gasteiger partial charge is 0.0426 e. The molecule has 112 valence electrons. The van der Waals surface area contributed by atoms with E-state index in [0.717, 1.165) is 23.9 Å². The number of halogens is 1. The molecule has 0 radical (unpaired) electrons. The molecule has 21 heavy (non-hydrogen) atoms. The zero-order valence-corrected chi connectivity index (χ0v) is 14.3. The largest absolute Gasteiger partial charge is 0.370 e. The second kappa shape index (κ2) is 7.62. The summed E-state index contributed by atoms with van der Waals surface area (Å²) in [5.41, 5.74) is 9.85. The van der Waals surface area contributed by atoms with Crippen LogP contribution in [0.5, 0.6) is 0 Å². The maximum Gasteiger partial charge on any atom is 0.0426 e. The van der Waals surface area contributed by atoms with Crippen molar-refractivity contribution in [1.82, 2.24) is 0 Å². The van der Waals surface area contributed by atoms with Crippen molar-refractivity contribution in [3.05, 3.63) is 64.1 Å². The Labute approximate surface area is 136 Å². The molecule has 0 saturated heterocycles. The molecule has 2 N–H and O–H groups in total. The van der Waals surface area contributed by atoms with Crippen molar-refractivity contribution in [2.75, 3.05) is 11.9 Å². The van der Waals surface area contributed by atoms with E-state index in [2.05, 4.69) is 83.3 Å². The van der Waals surface area contributed by atoms with Gasteiger partial charge in [-0.3, -0.25) is 0 Å². The van der Waals surface area contributed by atoms with E-state index in [0.29, 0.717) is 0 Å². The number of benzene rings is 2. The number of nitrogens with zero attached hydrogens (tertiary/aromatic N) is 1. The Morgan fingerprint density at radius 2 is 1.57 bits per heavy atom. The number of nitrogens with two attached hydrogens (primary N) is 1. The summed E-state index contributed by atoms with van der Waals surface area (Å²) in [4.78, 5) is 2.26. The average Bonchev–Trinajstić information content (AvgIpc) is 2.50. The Hall–Kier alpha value is -1.32. The van der Waals surface area contributed by atoms with Crippen LogP contribution in [-0.4, -0.2) is 13.1 Å².